The predicted molar refractivity (Wildman–Crippen MR) is 74.2 cm³/mol. The highest BCUT2D eigenvalue weighted by Crippen LogP contribution is 2.33. The summed E-state index contributed by atoms with van der Waals surface area (Å²) in [6, 6.07) is 6.92. The summed E-state index contributed by atoms with van der Waals surface area (Å²) in [5, 5.41) is 19.8. The van der Waals surface area contributed by atoms with Crippen molar-refractivity contribution in [2.75, 3.05) is 0 Å². The average molecular weight is 356 g/mol. The van der Waals surface area contributed by atoms with E-state index < -0.39 is 22.4 Å². The topological polar surface area (TPSA) is 89.7 Å². The van der Waals surface area contributed by atoms with Gasteiger partial charge in [0.25, 0.3) is 0 Å². The monoisotopic (exact) mass is 355 g/mol. The number of rotatable bonds is 4. The number of ether oxygens (including phenoxy) is 1. The summed E-state index contributed by atoms with van der Waals surface area (Å²) in [4.78, 5) is 21.1. The number of nitro benzene ring substituents is 1. The van der Waals surface area contributed by atoms with Crippen molar-refractivity contribution in [3.63, 3.8) is 0 Å². The Morgan fingerprint density at radius 3 is 2.57 bits per heavy atom. The van der Waals surface area contributed by atoms with Crippen molar-refractivity contribution < 1.29 is 24.0 Å². The molecule has 108 valence electrons. The fraction of sp³-hybridized carbons (Fsp3) is 0. The first kappa shape index (κ1) is 14.9. The number of hydrogen-bond donors (Lipinski definition) is 1. The fourth-order valence-corrected chi connectivity index (χ4v) is 1.79. The molecule has 0 fully saturated rings. The van der Waals surface area contributed by atoms with Gasteiger partial charge in [0.2, 0.25) is 5.75 Å². The molecule has 2 aromatic carbocycles. The molecule has 0 bridgehead atoms. The van der Waals surface area contributed by atoms with Crippen LogP contribution >= 0.6 is 15.9 Å². The highest BCUT2D eigenvalue weighted by atomic mass is 79.9. The lowest BCUT2D eigenvalue weighted by Crippen LogP contribution is -1.99. The molecule has 0 saturated heterocycles. The fourth-order valence-electron chi connectivity index (χ4n) is 1.55. The number of carbonyl (C=O) groups is 1. The minimum absolute atomic E-state index is 0.0151. The maximum Gasteiger partial charge on any atom is 0.335 e. The first-order chi connectivity index (χ1) is 9.88. The zero-order chi connectivity index (χ0) is 15.6. The SMILES string of the molecule is O=C(O)c1ccc([N+](=O)[O-])c(Oc2ccc(Br)c(F)c2)c1. The van der Waals surface area contributed by atoms with E-state index in [0.29, 0.717) is 0 Å². The molecular formula is C13H7BrFNO5. The summed E-state index contributed by atoms with van der Waals surface area (Å²) >= 11 is 2.97. The van der Waals surface area contributed by atoms with Gasteiger partial charge >= 0.3 is 11.7 Å². The maximum atomic E-state index is 13.4. The Hall–Kier alpha value is -2.48. The molecule has 0 aliphatic carbocycles. The highest BCUT2D eigenvalue weighted by Gasteiger charge is 2.19. The molecule has 0 heterocycles. The van der Waals surface area contributed by atoms with E-state index in [0.717, 1.165) is 24.3 Å². The van der Waals surface area contributed by atoms with Gasteiger partial charge in [0.05, 0.1) is 15.0 Å². The second kappa shape index (κ2) is 5.88. The molecule has 0 atom stereocenters. The van der Waals surface area contributed by atoms with Gasteiger partial charge in [-0.25, -0.2) is 9.18 Å². The molecule has 0 amide bonds. The van der Waals surface area contributed by atoms with E-state index in [2.05, 4.69) is 15.9 Å². The number of carboxylic acid groups (broad SMARTS) is 1. The third kappa shape index (κ3) is 3.34. The number of halogens is 2. The first-order valence-corrected chi connectivity index (χ1v) is 6.32. The molecule has 0 unspecified atom stereocenters. The van der Waals surface area contributed by atoms with Crippen LogP contribution in [0.4, 0.5) is 10.1 Å². The lowest BCUT2D eigenvalue weighted by Gasteiger charge is -2.07. The van der Waals surface area contributed by atoms with Crippen molar-refractivity contribution in [2.24, 2.45) is 0 Å². The van der Waals surface area contributed by atoms with Crippen LogP contribution in [0.2, 0.25) is 0 Å². The lowest BCUT2D eigenvalue weighted by atomic mass is 10.2. The summed E-state index contributed by atoms with van der Waals surface area (Å²) < 4.78 is 18.8. The Bertz CT molecular complexity index is 734. The van der Waals surface area contributed by atoms with E-state index in [1.54, 1.807) is 0 Å². The summed E-state index contributed by atoms with van der Waals surface area (Å²) in [5.74, 6) is -2.12. The van der Waals surface area contributed by atoms with Crippen LogP contribution in [0.5, 0.6) is 11.5 Å². The Morgan fingerprint density at radius 2 is 2.00 bits per heavy atom. The number of nitrogens with zero attached hydrogens (tertiary/aromatic N) is 1. The third-order valence-electron chi connectivity index (χ3n) is 2.52. The Kier molecular flexibility index (Phi) is 4.18. The molecule has 2 rings (SSSR count). The Morgan fingerprint density at radius 1 is 1.29 bits per heavy atom. The van der Waals surface area contributed by atoms with Crippen molar-refractivity contribution in [1.29, 1.82) is 0 Å². The van der Waals surface area contributed by atoms with Crippen LogP contribution < -0.4 is 4.74 Å². The zero-order valence-electron chi connectivity index (χ0n) is 10.2. The van der Waals surface area contributed by atoms with Gasteiger partial charge in [-0.15, -0.1) is 0 Å². The van der Waals surface area contributed by atoms with Gasteiger partial charge in [0.15, 0.2) is 0 Å². The molecule has 0 spiro atoms. The number of benzene rings is 2. The standard InChI is InChI=1S/C13H7BrFNO5/c14-9-3-2-8(6-10(9)15)21-12-5-7(13(17)18)1-4-11(12)16(19)20/h1-6H,(H,17,18). The summed E-state index contributed by atoms with van der Waals surface area (Å²) in [6.45, 7) is 0. The van der Waals surface area contributed by atoms with Gasteiger partial charge < -0.3 is 9.84 Å². The van der Waals surface area contributed by atoms with Gasteiger partial charge in [0, 0.05) is 18.2 Å². The normalized spacial score (nSPS) is 10.2. The van der Waals surface area contributed by atoms with Crippen molar-refractivity contribution in [1.82, 2.24) is 0 Å². The molecule has 21 heavy (non-hydrogen) atoms. The Balaban J connectivity index is 2.45. The molecule has 8 heteroatoms. The highest BCUT2D eigenvalue weighted by molar-refractivity contribution is 9.10. The number of hydrogen-bond acceptors (Lipinski definition) is 4. The van der Waals surface area contributed by atoms with E-state index >= 15 is 0 Å². The number of aromatic carboxylic acids is 1. The minimum Gasteiger partial charge on any atom is -0.478 e. The van der Waals surface area contributed by atoms with E-state index in [4.69, 9.17) is 9.84 Å². The first-order valence-electron chi connectivity index (χ1n) is 5.53. The summed E-state index contributed by atoms with van der Waals surface area (Å²) in [5.41, 5.74) is -0.587. The van der Waals surface area contributed by atoms with Gasteiger partial charge in [0.1, 0.15) is 11.6 Å². The van der Waals surface area contributed by atoms with Crippen molar-refractivity contribution in [2.45, 2.75) is 0 Å². The molecule has 6 nitrogen and oxygen atoms in total. The van der Waals surface area contributed by atoms with E-state index in [1.165, 1.54) is 12.1 Å². The van der Waals surface area contributed by atoms with Gasteiger partial charge in [-0.3, -0.25) is 10.1 Å². The molecule has 0 aliphatic rings. The van der Waals surface area contributed by atoms with Gasteiger partial charge in [-0.05, 0) is 34.1 Å². The second-order valence-corrected chi connectivity index (χ2v) is 4.78. The lowest BCUT2D eigenvalue weighted by molar-refractivity contribution is -0.385. The number of carboxylic acids is 1. The van der Waals surface area contributed by atoms with Crippen molar-refractivity contribution in [3.05, 3.63) is 62.4 Å². The molecule has 0 saturated carbocycles. The van der Waals surface area contributed by atoms with Gasteiger partial charge in [-0.2, -0.15) is 0 Å². The molecule has 2 aromatic rings. The van der Waals surface area contributed by atoms with Crippen LogP contribution in [-0.2, 0) is 0 Å². The quantitative estimate of drug-likeness (QED) is 0.661. The van der Waals surface area contributed by atoms with E-state index in [9.17, 15) is 19.3 Å². The summed E-state index contributed by atoms with van der Waals surface area (Å²) in [6.07, 6.45) is 0. The molecule has 0 radical (unpaired) electrons. The molecule has 1 N–H and O–H groups in total. The van der Waals surface area contributed by atoms with Crippen molar-refractivity contribution >= 4 is 27.6 Å². The molecule has 0 aromatic heterocycles. The maximum absolute atomic E-state index is 13.4. The van der Waals surface area contributed by atoms with Crippen molar-refractivity contribution in [3.8, 4) is 11.5 Å². The van der Waals surface area contributed by atoms with Gasteiger partial charge in [-0.1, -0.05) is 0 Å². The van der Waals surface area contributed by atoms with Crippen LogP contribution in [-0.4, -0.2) is 16.0 Å². The van der Waals surface area contributed by atoms with Crippen LogP contribution in [0.25, 0.3) is 0 Å². The third-order valence-corrected chi connectivity index (χ3v) is 3.17. The Labute approximate surface area is 126 Å². The number of nitro groups is 1. The predicted octanol–water partition coefficient (Wildman–Crippen LogP) is 3.99. The van der Waals surface area contributed by atoms with Crippen LogP contribution in [0, 0.1) is 15.9 Å². The van der Waals surface area contributed by atoms with Crippen LogP contribution in [0.15, 0.2) is 40.9 Å². The van der Waals surface area contributed by atoms with Crippen LogP contribution in [0.1, 0.15) is 10.4 Å². The van der Waals surface area contributed by atoms with Crippen LogP contribution in [0.3, 0.4) is 0 Å². The average Bonchev–Trinajstić information content (AvgIpc) is 2.42. The van der Waals surface area contributed by atoms with E-state index in [1.807, 2.05) is 0 Å². The molecular weight excluding hydrogens is 349 g/mol. The smallest absolute Gasteiger partial charge is 0.335 e. The second-order valence-electron chi connectivity index (χ2n) is 3.92. The summed E-state index contributed by atoms with van der Waals surface area (Å²) in [7, 11) is 0. The zero-order valence-corrected chi connectivity index (χ0v) is 11.8. The van der Waals surface area contributed by atoms with E-state index in [-0.39, 0.29) is 21.5 Å². The minimum atomic E-state index is -1.25. The molecule has 0 aliphatic heterocycles. The largest absolute Gasteiger partial charge is 0.478 e.